The third-order valence-corrected chi connectivity index (χ3v) is 7.15. The van der Waals surface area contributed by atoms with Crippen molar-refractivity contribution in [3.63, 3.8) is 0 Å². The molecule has 4 aromatic rings. The molecule has 39 heavy (non-hydrogen) atoms. The fourth-order valence-corrected chi connectivity index (χ4v) is 4.63. The minimum absolute atomic E-state index is 0.0621. The summed E-state index contributed by atoms with van der Waals surface area (Å²) in [4.78, 5) is 24.6. The van der Waals surface area contributed by atoms with Crippen LogP contribution in [0.2, 0.25) is 0 Å². The number of H-pyrrole nitrogens is 1. The number of hydrogen-bond acceptors (Lipinski definition) is 6. The van der Waals surface area contributed by atoms with Gasteiger partial charge in [-0.15, -0.1) is 6.58 Å². The van der Waals surface area contributed by atoms with E-state index in [-0.39, 0.29) is 29.3 Å². The Morgan fingerprint density at radius 2 is 2.13 bits per heavy atom. The Hall–Kier alpha value is -4.72. The van der Waals surface area contributed by atoms with Crippen LogP contribution >= 0.6 is 0 Å². The number of furan rings is 1. The van der Waals surface area contributed by atoms with Gasteiger partial charge in [-0.1, -0.05) is 25.5 Å². The Bertz CT molecular complexity index is 1610. The molecule has 0 bridgehead atoms. The molecule has 8 heteroatoms. The van der Waals surface area contributed by atoms with Crippen LogP contribution in [0.3, 0.4) is 0 Å². The number of anilines is 1. The maximum atomic E-state index is 12.5. The number of amides is 1. The predicted molar refractivity (Wildman–Crippen MR) is 155 cm³/mol. The number of fused-ring (bicyclic) bond motifs is 1. The summed E-state index contributed by atoms with van der Waals surface area (Å²) in [6.45, 7) is 7.82. The van der Waals surface area contributed by atoms with Crippen molar-refractivity contribution in [2.75, 3.05) is 5.73 Å². The Morgan fingerprint density at radius 1 is 1.31 bits per heavy atom. The maximum Gasteiger partial charge on any atom is 0.227 e. The van der Waals surface area contributed by atoms with Gasteiger partial charge in [0, 0.05) is 51.6 Å². The highest BCUT2D eigenvalue weighted by Crippen LogP contribution is 2.31. The summed E-state index contributed by atoms with van der Waals surface area (Å²) in [7, 11) is 0. The lowest BCUT2D eigenvalue weighted by Gasteiger charge is -2.24. The second kappa shape index (κ2) is 10.9. The van der Waals surface area contributed by atoms with Crippen LogP contribution < -0.4 is 11.1 Å². The molecule has 1 amide bonds. The molecule has 1 atom stereocenters. The maximum absolute atomic E-state index is 12.5. The first kappa shape index (κ1) is 25.9. The molecule has 1 fully saturated rings. The number of nitrogens with one attached hydrogen (secondary N) is 3. The van der Waals surface area contributed by atoms with E-state index in [0.717, 1.165) is 58.1 Å². The standard InChI is InChI=1S/C31H32N6O2/c1-4-18(2)10-22(11-19(3)36-31(38)20-6-5-7-20)23-12-25(30(33)35-14-23)29(32)27-13-24-26(21-8-9-39-17-21)15-34-16-28(24)37-27/h4,8-18,20,32,37H,1,5-7H2,2-3H3,(H2,33,35)(H,36,38)/b19-11+,22-10+,32-29?/t18-/m0/s1. The topological polar surface area (TPSA) is 134 Å². The molecule has 0 aromatic carbocycles. The SMILES string of the molecule is C=C[C@H](C)/C=C(\C=C(/C)NC(=O)C1CCC1)c1cnc(N)c(C(=N)c2cc3c(-c4ccoc4)cncc3[nH]2)c1. The summed E-state index contributed by atoms with van der Waals surface area (Å²) in [6.07, 6.45) is 17.3. The van der Waals surface area contributed by atoms with Gasteiger partial charge in [0.2, 0.25) is 5.91 Å². The van der Waals surface area contributed by atoms with Crippen molar-refractivity contribution >= 4 is 33.9 Å². The van der Waals surface area contributed by atoms with Gasteiger partial charge in [0.25, 0.3) is 0 Å². The summed E-state index contributed by atoms with van der Waals surface area (Å²) in [5.74, 6) is 0.492. The van der Waals surface area contributed by atoms with Gasteiger partial charge < -0.3 is 20.5 Å². The molecular weight excluding hydrogens is 488 g/mol. The first-order chi connectivity index (χ1) is 18.8. The van der Waals surface area contributed by atoms with Crippen LogP contribution in [0.1, 0.15) is 49.9 Å². The van der Waals surface area contributed by atoms with E-state index < -0.39 is 0 Å². The predicted octanol–water partition coefficient (Wildman–Crippen LogP) is 6.24. The van der Waals surface area contributed by atoms with E-state index in [1.54, 1.807) is 31.1 Å². The fraction of sp³-hybridized carbons (Fsp3) is 0.226. The van der Waals surface area contributed by atoms with Crippen LogP contribution in [-0.2, 0) is 4.79 Å². The van der Waals surface area contributed by atoms with Crippen LogP contribution in [0, 0.1) is 17.2 Å². The van der Waals surface area contributed by atoms with Gasteiger partial charge in [-0.2, -0.15) is 0 Å². The number of pyridine rings is 2. The second-order valence-electron chi connectivity index (χ2n) is 10.0. The number of nitrogens with two attached hydrogens (primary N) is 1. The zero-order chi connectivity index (χ0) is 27.5. The number of aromatic nitrogens is 3. The molecule has 0 aliphatic heterocycles. The molecule has 198 valence electrons. The normalized spacial score (nSPS) is 15.1. The molecule has 0 spiro atoms. The highest BCUT2D eigenvalue weighted by atomic mass is 16.3. The molecule has 0 saturated heterocycles. The summed E-state index contributed by atoms with van der Waals surface area (Å²) in [6, 6.07) is 5.66. The average Bonchev–Trinajstić information content (AvgIpc) is 3.57. The first-order valence-corrected chi connectivity index (χ1v) is 13.0. The van der Waals surface area contributed by atoms with Gasteiger partial charge >= 0.3 is 0 Å². The van der Waals surface area contributed by atoms with Crippen LogP contribution in [0.4, 0.5) is 5.82 Å². The highest BCUT2D eigenvalue weighted by molar-refractivity contribution is 6.15. The lowest BCUT2D eigenvalue weighted by atomic mass is 9.85. The summed E-state index contributed by atoms with van der Waals surface area (Å²) in [5, 5.41) is 13.0. The number of carbonyl (C=O) groups excluding carboxylic acids is 1. The van der Waals surface area contributed by atoms with E-state index in [1.165, 1.54) is 0 Å². The van der Waals surface area contributed by atoms with Crippen molar-refractivity contribution in [1.29, 1.82) is 5.41 Å². The van der Waals surface area contributed by atoms with E-state index in [2.05, 4.69) is 32.9 Å². The molecule has 4 aromatic heterocycles. The monoisotopic (exact) mass is 520 g/mol. The fourth-order valence-electron chi connectivity index (χ4n) is 4.63. The van der Waals surface area contributed by atoms with Gasteiger partial charge in [0.05, 0.1) is 35.6 Å². The molecular formula is C31H32N6O2. The smallest absolute Gasteiger partial charge is 0.227 e. The molecule has 0 unspecified atom stereocenters. The summed E-state index contributed by atoms with van der Waals surface area (Å²) in [5.41, 5.74) is 12.6. The van der Waals surface area contributed by atoms with Crippen molar-refractivity contribution in [2.45, 2.75) is 33.1 Å². The second-order valence-corrected chi connectivity index (χ2v) is 10.0. The number of nitrogens with zero attached hydrogens (tertiary/aromatic N) is 2. The minimum Gasteiger partial charge on any atom is -0.472 e. The van der Waals surface area contributed by atoms with Crippen molar-refractivity contribution < 1.29 is 9.21 Å². The Labute approximate surface area is 227 Å². The van der Waals surface area contributed by atoms with Crippen molar-refractivity contribution in [3.8, 4) is 11.1 Å². The van der Waals surface area contributed by atoms with E-state index in [0.29, 0.717) is 11.3 Å². The molecule has 5 N–H and O–H groups in total. The van der Waals surface area contributed by atoms with Gasteiger partial charge in [-0.25, -0.2) is 4.98 Å². The first-order valence-electron chi connectivity index (χ1n) is 13.0. The van der Waals surface area contributed by atoms with E-state index in [4.69, 9.17) is 15.6 Å². The third kappa shape index (κ3) is 5.45. The number of rotatable bonds is 9. The molecule has 1 aliphatic rings. The molecule has 5 rings (SSSR count). The van der Waals surface area contributed by atoms with Crippen molar-refractivity contribution in [3.05, 3.63) is 96.6 Å². The lowest BCUT2D eigenvalue weighted by molar-refractivity contribution is -0.126. The average molecular weight is 521 g/mol. The summed E-state index contributed by atoms with van der Waals surface area (Å²) < 4.78 is 5.25. The third-order valence-electron chi connectivity index (χ3n) is 7.15. The highest BCUT2D eigenvalue weighted by Gasteiger charge is 2.25. The Kier molecular flexibility index (Phi) is 7.27. The Balaban J connectivity index is 1.49. The van der Waals surface area contributed by atoms with Crippen molar-refractivity contribution in [1.82, 2.24) is 20.3 Å². The summed E-state index contributed by atoms with van der Waals surface area (Å²) >= 11 is 0. The molecule has 1 saturated carbocycles. The van der Waals surface area contributed by atoms with E-state index >= 15 is 0 Å². The molecule has 0 radical (unpaired) electrons. The van der Waals surface area contributed by atoms with Crippen LogP contribution in [0.5, 0.6) is 0 Å². The molecule has 1 aliphatic carbocycles. The number of aromatic amines is 1. The molecule has 8 nitrogen and oxygen atoms in total. The number of carbonyl (C=O) groups is 1. The van der Waals surface area contributed by atoms with Gasteiger partial charge in [0.15, 0.2) is 0 Å². The van der Waals surface area contributed by atoms with Gasteiger partial charge in [-0.3, -0.25) is 15.2 Å². The van der Waals surface area contributed by atoms with Crippen LogP contribution in [-0.4, -0.2) is 26.6 Å². The number of allylic oxidation sites excluding steroid dienone is 5. The number of nitrogen functional groups attached to an aromatic ring is 1. The van der Waals surface area contributed by atoms with Crippen LogP contribution in [0.25, 0.3) is 27.6 Å². The largest absolute Gasteiger partial charge is 0.472 e. The van der Waals surface area contributed by atoms with Gasteiger partial charge in [0.1, 0.15) is 5.82 Å². The van der Waals surface area contributed by atoms with E-state index in [9.17, 15) is 4.79 Å². The molecule has 4 heterocycles. The number of hydrogen-bond donors (Lipinski definition) is 4. The zero-order valence-electron chi connectivity index (χ0n) is 22.1. The quantitative estimate of drug-likeness (QED) is 0.118. The minimum atomic E-state index is 0.0621. The van der Waals surface area contributed by atoms with Crippen molar-refractivity contribution in [2.24, 2.45) is 11.8 Å². The zero-order valence-corrected chi connectivity index (χ0v) is 22.1. The van der Waals surface area contributed by atoms with Gasteiger partial charge in [-0.05, 0) is 55.5 Å². The lowest BCUT2D eigenvalue weighted by Crippen LogP contribution is -2.33. The van der Waals surface area contributed by atoms with Crippen LogP contribution in [0.15, 0.2) is 84.2 Å². The Morgan fingerprint density at radius 3 is 2.82 bits per heavy atom. The van der Waals surface area contributed by atoms with E-state index in [1.807, 2.05) is 44.2 Å².